The topological polar surface area (TPSA) is 51.2 Å². The molecule has 0 amide bonds. The fourth-order valence-corrected chi connectivity index (χ4v) is 2.68. The minimum Gasteiger partial charge on any atom is -0.465 e. The van der Waals surface area contributed by atoms with Gasteiger partial charge in [0.2, 0.25) is 0 Å². The van der Waals surface area contributed by atoms with Gasteiger partial charge in [-0.3, -0.25) is 0 Å². The summed E-state index contributed by atoms with van der Waals surface area (Å²) in [6.07, 6.45) is 1.60. The zero-order valence-electron chi connectivity index (χ0n) is 13.1. The summed E-state index contributed by atoms with van der Waals surface area (Å²) in [5, 5.41) is 5.76. The van der Waals surface area contributed by atoms with E-state index in [1.54, 1.807) is 18.3 Å². The normalized spacial score (nSPS) is 11.9. The smallest absolute Gasteiger partial charge is 0.338 e. The SMILES string of the molecule is COC(=O)c1ccnc(N[C@H](C)c2cccc3ccccc23)c1. The number of hydrogen-bond donors (Lipinski definition) is 1. The molecule has 0 aliphatic heterocycles. The maximum Gasteiger partial charge on any atom is 0.338 e. The number of anilines is 1. The van der Waals surface area contributed by atoms with E-state index in [4.69, 9.17) is 4.74 Å². The van der Waals surface area contributed by atoms with Crippen LogP contribution in [-0.2, 0) is 4.74 Å². The molecule has 1 heterocycles. The Bertz CT molecular complexity index is 840. The predicted molar refractivity (Wildman–Crippen MR) is 91.6 cm³/mol. The molecule has 1 aromatic heterocycles. The van der Waals surface area contributed by atoms with Gasteiger partial charge in [-0.25, -0.2) is 9.78 Å². The van der Waals surface area contributed by atoms with Crippen LogP contribution >= 0.6 is 0 Å². The molecule has 4 nitrogen and oxygen atoms in total. The first kappa shape index (κ1) is 15.0. The molecule has 0 saturated heterocycles. The van der Waals surface area contributed by atoms with E-state index in [-0.39, 0.29) is 12.0 Å². The molecule has 1 N–H and O–H groups in total. The third-order valence-corrected chi connectivity index (χ3v) is 3.84. The van der Waals surface area contributed by atoms with Crippen molar-refractivity contribution in [3.63, 3.8) is 0 Å². The fourth-order valence-electron chi connectivity index (χ4n) is 2.68. The van der Waals surface area contributed by atoms with Crippen molar-refractivity contribution >= 4 is 22.6 Å². The molecule has 2 aromatic carbocycles. The van der Waals surface area contributed by atoms with E-state index >= 15 is 0 Å². The number of benzene rings is 2. The molecule has 3 rings (SSSR count). The summed E-state index contributed by atoms with van der Waals surface area (Å²) in [5.74, 6) is 0.279. The minimum absolute atomic E-state index is 0.0569. The number of pyridine rings is 1. The molecule has 0 aliphatic carbocycles. The van der Waals surface area contributed by atoms with Gasteiger partial charge in [-0.15, -0.1) is 0 Å². The Balaban J connectivity index is 1.89. The number of aromatic nitrogens is 1. The zero-order chi connectivity index (χ0) is 16.2. The first-order valence-corrected chi connectivity index (χ1v) is 7.47. The summed E-state index contributed by atoms with van der Waals surface area (Å²) in [6, 6.07) is 17.9. The first-order valence-electron chi connectivity index (χ1n) is 7.47. The van der Waals surface area contributed by atoms with E-state index in [0.29, 0.717) is 11.4 Å². The second kappa shape index (κ2) is 6.48. The molecule has 0 bridgehead atoms. The highest BCUT2D eigenvalue weighted by Crippen LogP contribution is 2.26. The Morgan fingerprint density at radius 1 is 1.13 bits per heavy atom. The summed E-state index contributed by atoms with van der Waals surface area (Å²) < 4.78 is 4.74. The van der Waals surface area contributed by atoms with E-state index in [0.717, 1.165) is 0 Å². The van der Waals surface area contributed by atoms with Crippen molar-refractivity contribution in [1.29, 1.82) is 0 Å². The van der Waals surface area contributed by atoms with E-state index < -0.39 is 0 Å². The number of hydrogen-bond acceptors (Lipinski definition) is 4. The van der Waals surface area contributed by atoms with Crippen LogP contribution in [0.25, 0.3) is 10.8 Å². The van der Waals surface area contributed by atoms with Crippen LogP contribution in [0.5, 0.6) is 0 Å². The fraction of sp³-hybridized carbons (Fsp3) is 0.158. The van der Waals surface area contributed by atoms with Gasteiger partial charge >= 0.3 is 5.97 Å². The van der Waals surface area contributed by atoms with Gasteiger partial charge in [0, 0.05) is 6.20 Å². The Morgan fingerprint density at radius 2 is 1.91 bits per heavy atom. The number of rotatable bonds is 4. The molecule has 0 radical (unpaired) electrons. The molecule has 23 heavy (non-hydrogen) atoms. The summed E-state index contributed by atoms with van der Waals surface area (Å²) in [4.78, 5) is 15.9. The second-order valence-electron chi connectivity index (χ2n) is 5.36. The summed E-state index contributed by atoms with van der Waals surface area (Å²) in [7, 11) is 1.37. The van der Waals surface area contributed by atoms with Crippen LogP contribution < -0.4 is 5.32 Å². The van der Waals surface area contributed by atoms with Crippen molar-refractivity contribution in [1.82, 2.24) is 4.98 Å². The maximum absolute atomic E-state index is 11.6. The molecular formula is C19H18N2O2. The predicted octanol–water partition coefficient (Wildman–Crippen LogP) is 4.19. The number of fused-ring (bicyclic) bond motifs is 1. The summed E-state index contributed by atoms with van der Waals surface area (Å²) in [6.45, 7) is 2.08. The maximum atomic E-state index is 11.6. The van der Waals surface area contributed by atoms with Crippen LogP contribution in [0.3, 0.4) is 0 Å². The van der Waals surface area contributed by atoms with E-state index in [1.165, 1.54) is 23.4 Å². The average Bonchev–Trinajstić information content (AvgIpc) is 2.60. The summed E-state index contributed by atoms with van der Waals surface area (Å²) >= 11 is 0. The van der Waals surface area contributed by atoms with Crippen LogP contribution in [0.15, 0.2) is 60.8 Å². The minimum atomic E-state index is -0.367. The van der Waals surface area contributed by atoms with Crippen molar-refractivity contribution in [2.75, 3.05) is 12.4 Å². The van der Waals surface area contributed by atoms with Gasteiger partial charge in [-0.2, -0.15) is 0 Å². The molecule has 0 saturated carbocycles. The lowest BCUT2D eigenvalue weighted by atomic mass is 10.00. The highest BCUT2D eigenvalue weighted by atomic mass is 16.5. The number of carbonyl (C=O) groups excluding carboxylic acids is 1. The Morgan fingerprint density at radius 3 is 2.74 bits per heavy atom. The van der Waals surface area contributed by atoms with Gasteiger partial charge < -0.3 is 10.1 Å². The van der Waals surface area contributed by atoms with Crippen molar-refractivity contribution in [3.05, 3.63) is 71.9 Å². The van der Waals surface area contributed by atoms with Crippen molar-refractivity contribution in [2.45, 2.75) is 13.0 Å². The number of esters is 1. The third kappa shape index (κ3) is 3.16. The van der Waals surface area contributed by atoms with Gasteiger partial charge in [0.15, 0.2) is 0 Å². The van der Waals surface area contributed by atoms with Crippen molar-refractivity contribution in [3.8, 4) is 0 Å². The number of nitrogens with zero attached hydrogens (tertiary/aromatic N) is 1. The average molecular weight is 306 g/mol. The number of carbonyl (C=O) groups is 1. The molecule has 0 fully saturated rings. The second-order valence-corrected chi connectivity index (χ2v) is 5.36. The van der Waals surface area contributed by atoms with Crippen molar-refractivity contribution in [2.24, 2.45) is 0 Å². The molecule has 0 spiro atoms. The monoisotopic (exact) mass is 306 g/mol. The standard InChI is InChI=1S/C19H18N2O2/c1-13(16-9-5-7-14-6-3-4-8-17(14)16)21-18-12-15(10-11-20-18)19(22)23-2/h3-13H,1-2H3,(H,20,21)/t13-/m1/s1. The zero-order valence-corrected chi connectivity index (χ0v) is 13.1. The molecule has 116 valence electrons. The van der Waals surface area contributed by atoms with E-state index in [1.807, 2.05) is 18.2 Å². The number of methoxy groups -OCH3 is 1. The lowest BCUT2D eigenvalue weighted by Crippen LogP contribution is -2.10. The Hall–Kier alpha value is -2.88. The Labute approximate surface area is 135 Å². The molecule has 4 heteroatoms. The number of nitrogens with one attached hydrogen (secondary N) is 1. The molecule has 0 aliphatic rings. The van der Waals surface area contributed by atoms with Gasteiger partial charge in [0.1, 0.15) is 5.82 Å². The summed E-state index contributed by atoms with van der Waals surface area (Å²) in [5.41, 5.74) is 1.67. The van der Waals surface area contributed by atoms with Crippen LogP contribution in [0.1, 0.15) is 28.9 Å². The van der Waals surface area contributed by atoms with Crippen LogP contribution in [0.4, 0.5) is 5.82 Å². The van der Waals surface area contributed by atoms with Crippen LogP contribution in [-0.4, -0.2) is 18.1 Å². The number of ether oxygens (including phenoxy) is 1. The van der Waals surface area contributed by atoms with Crippen molar-refractivity contribution < 1.29 is 9.53 Å². The van der Waals surface area contributed by atoms with Gasteiger partial charge in [0.25, 0.3) is 0 Å². The van der Waals surface area contributed by atoms with E-state index in [9.17, 15) is 4.79 Å². The highest BCUT2D eigenvalue weighted by Gasteiger charge is 2.11. The van der Waals surface area contributed by atoms with Crippen LogP contribution in [0.2, 0.25) is 0 Å². The van der Waals surface area contributed by atoms with Gasteiger partial charge in [0.05, 0.1) is 18.7 Å². The lowest BCUT2D eigenvalue weighted by Gasteiger charge is -2.17. The van der Waals surface area contributed by atoms with Crippen LogP contribution in [0, 0.1) is 0 Å². The molecule has 3 aromatic rings. The van der Waals surface area contributed by atoms with E-state index in [2.05, 4.69) is 41.5 Å². The lowest BCUT2D eigenvalue weighted by molar-refractivity contribution is 0.0600. The molecular weight excluding hydrogens is 288 g/mol. The first-order chi connectivity index (χ1) is 11.2. The quantitative estimate of drug-likeness (QED) is 0.734. The molecule has 0 unspecified atom stereocenters. The largest absolute Gasteiger partial charge is 0.465 e. The Kier molecular flexibility index (Phi) is 4.24. The third-order valence-electron chi connectivity index (χ3n) is 3.84. The van der Waals surface area contributed by atoms with Gasteiger partial charge in [-0.1, -0.05) is 42.5 Å². The molecule has 1 atom stereocenters. The van der Waals surface area contributed by atoms with Gasteiger partial charge in [-0.05, 0) is 35.4 Å². The highest BCUT2D eigenvalue weighted by molar-refractivity contribution is 5.90.